The summed E-state index contributed by atoms with van der Waals surface area (Å²) in [5, 5.41) is 7.12. The van der Waals surface area contributed by atoms with E-state index in [1.54, 1.807) is 12.4 Å². The van der Waals surface area contributed by atoms with Crippen LogP contribution in [0.2, 0.25) is 0 Å². The fourth-order valence-corrected chi connectivity index (χ4v) is 5.20. The number of alkyl halides is 3. The van der Waals surface area contributed by atoms with E-state index in [4.69, 9.17) is 14.6 Å². The molecule has 0 atom stereocenters. The summed E-state index contributed by atoms with van der Waals surface area (Å²) in [6.07, 6.45) is 4.08. The van der Waals surface area contributed by atoms with Crippen LogP contribution >= 0.6 is 0 Å². The first-order valence-corrected chi connectivity index (χ1v) is 12.1. The molecule has 36 heavy (non-hydrogen) atoms. The second kappa shape index (κ2) is 10.9. The third kappa shape index (κ3) is 6.16. The number of carboxylic acid groups (broad SMARTS) is 1. The number of carboxylic acids is 1. The van der Waals surface area contributed by atoms with Crippen LogP contribution in [0.5, 0.6) is 5.75 Å². The maximum Gasteiger partial charge on any atom is 0.490 e. The van der Waals surface area contributed by atoms with Crippen LogP contribution in [-0.4, -0.2) is 70.7 Å². The predicted molar refractivity (Wildman–Crippen MR) is 126 cm³/mol. The number of hydrogen-bond donors (Lipinski definition) is 1. The van der Waals surface area contributed by atoms with Crippen molar-refractivity contribution in [3.05, 3.63) is 59.4 Å². The summed E-state index contributed by atoms with van der Waals surface area (Å²) in [7, 11) is 0. The molecule has 1 N–H and O–H groups in total. The number of amides is 1. The van der Waals surface area contributed by atoms with Crippen molar-refractivity contribution in [1.29, 1.82) is 0 Å². The van der Waals surface area contributed by atoms with Crippen molar-refractivity contribution < 1.29 is 32.6 Å². The molecule has 1 aromatic heterocycles. The molecule has 0 radical (unpaired) electrons. The normalized spacial score (nSPS) is 19.1. The summed E-state index contributed by atoms with van der Waals surface area (Å²) < 4.78 is 37.6. The first-order valence-electron chi connectivity index (χ1n) is 12.1. The number of likely N-dealkylation sites (tertiary alicyclic amines) is 2. The molecule has 0 aliphatic carbocycles. The number of pyridine rings is 1. The van der Waals surface area contributed by atoms with Crippen LogP contribution in [0.25, 0.3) is 0 Å². The average Bonchev–Trinajstić information content (AvgIpc) is 3.36. The van der Waals surface area contributed by atoms with E-state index in [1.165, 1.54) is 24.0 Å². The highest BCUT2D eigenvalue weighted by Gasteiger charge is 2.39. The fourth-order valence-electron chi connectivity index (χ4n) is 5.20. The van der Waals surface area contributed by atoms with E-state index in [2.05, 4.69) is 28.1 Å². The molecule has 4 heterocycles. The van der Waals surface area contributed by atoms with Crippen molar-refractivity contribution in [3.8, 4) is 5.75 Å². The molecule has 3 aliphatic rings. The van der Waals surface area contributed by atoms with Gasteiger partial charge in [0, 0.05) is 49.6 Å². The number of para-hydroxylation sites is 1. The molecule has 2 fully saturated rings. The Kier molecular flexibility index (Phi) is 7.82. The zero-order valence-corrected chi connectivity index (χ0v) is 20.0. The van der Waals surface area contributed by atoms with Gasteiger partial charge in [-0.05, 0) is 61.9 Å². The summed E-state index contributed by atoms with van der Waals surface area (Å²) in [5.74, 6) is -1.47. The topological polar surface area (TPSA) is 83.0 Å². The van der Waals surface area contributed by atoms with Crippen molar-refractivity contribution >= 4 is 11.9 Å². The van der Waals surface area contributed by atoms with Crippen LogP contribution < -0.4 is 4.74 Å². The monoisotopic (exact) mass is 505 g/mol. The number of benzene rings is 1. The summed E-state index contributed by atoms with van der Waals surface area (Å²) in [6.45, 7) is 5.85. The highest BCUT2D eigenvalue weighted by molar-refractivity contribution is 5.94. The van der Waals surface area contributed by atoms with Crippen molar-refractivity contribution in [2.45, 2.75) is 44.8 Å². The molecule has 0 bridgehead atoms. The molecular weight excluding hydrogens is 475 g/mol. The van der Waals surface area contributed by atoms with Crippen molar-refractivity contribution in [1.82, 2.24) is 14.8 Å². The minimum Gasteiger partial charge on any atom is -0.493 e. The zero-order chi connectivity index (χ0) is 25.8. The molecule has 3 aliphatic heterocycles. The van der Waals surface area contributed by atoms with Crippen LogP contribution in [0.1, 0.15) is 47.2 Å². The molecular formula is C26H30F3N3O4. The van der Waals surface area contributed by atoms with Gasteiger partial charge in [-0.2, -0.15) is 13.2 Å². The molecule has 0 saturated carbocycles. The number of piperidine rings is 2. The van der Waals surface area contributed by atoms with Crippen molar-refractivity contribution in [2.24, 2.45) is 5.41 Å². The van der Waals surface area contributed by atoms with Crippen LogP contribution in [0, 0.1) is 5.41 Å². The van der Waals surface area contributed by atoms with Crippen molar-refractivity contribution in [3.63, 3.8) is 0 Å². The Balaban J connectivity index is 0.000000384. The van der Waals surface area contributed by atoms with Gasteiger partial charge in [-0.3, -0.25) is 14.7 Å². The quantitative estimate of drug-likeness (QED) is 0.675. The van der Waals surface area contributed by atoms with Gasteiger partial charge in [-0.1, -0.05) is 18.2 Å². The maximum absolute atomic E-state index is 12.7. The number of aliphatic carboxylic acids is 1. The van der Waals surface area contributed by atoms with Crippen LogP contribution in [-0.2, 0) is 17.8 Å². The van der Waals surface area contributed by atoms with Crippen LogP contribution in [0.15, 0.2) is 42.7 Å². The molecule has 7 nitrogen and oxygen atoms in total. The molecule has 10 heteroatoms. The highest BCUT2D eigenvalue weighted by atomic mass is 19.4. The molecule has 1 aromatic carbocycles. The Bertz CT molecular complexity index is 1060. The third-order valence-corrected chi connectivity index (χ3v) is 7.39. The molecule has 194 valence electrons. The third-order valence-electron chi connectivity index (χ3n) is 7.39. The average molecular weight is 506 g/mol. The minimum atomic E-state index is -5.08. The Hall–Kier alpha value is -3.14. The Morgan fingerprint density at radius 2 is 1.61 bits per heavy atom. The van der Waals surface area contributed by atoms with E-state index >= 15 is 0 Å². The lowest BCUT2D eigenvalue weighted by Crippen LogP contribution is -2.48. The standard InChI is InChI=1S/C24H29N3O2.C2HF3O2/c28-23(20-4-11-25-12-5-20)27-15-9-24(10-16-27)7-13-26(14-8-24)18-21-3-1-2-19-6-17-29-22(19)21;3-2(4,5)1(6)7/h1-5,11-12H,6-10,13-18H2;(H,6,7). The van der Waals surface area contributed by atoms with Gasteiger partial charge < -0.3 is 14.7 Å². The van der Waals surface area contributed by atoms with Gasteiger partial charge in [0.15, 0.2) is 0 Å². The molecule has 2 aromatic rings. The number of rotatable bonds is 3. The van der Waals surface area contributed by atoms with Crippen LogP contribution in [0.4, 0.5) is 13.2 Å². The van der Waals surface area contributed by atoms with Crippen molar-refractivity contribution in [2.75, 3.05) is 32.8 Å². The van der Waals surface area contributed by atoms with Gasteiger partial charge in [0.1, 0.15) is 5.75 Å². The first kappa shape index (κ1) is 25.9. The lowest BCUT2D eigenvalue weighted by Gasteiger charge is -2.47. The molecule has 2 saturated heterocycles. The van der Waals surface area contributed by atoms with E-state index < -0.39 is 12.1 Å². The molecule has 1 spiro atoms. The minimum absolute atomic E-state index is 0.151. The van der Waals surface area contributed by atoms with E-state index in [9.17, 15) is 18.0 Å². The number of halogens is 3. The van der Waals surface area contributed by atoms with Crippen LogP contribution in [0.3, 0.4) is 0 Å². The zero-order valence-electron chi connectivity index (χ0n) is 20.0. The molecule has 0 unspecified atom stereocenters. The second-order valence-corrected chi connectivity index (χ2v) is 9.61. The summed E-state index contributed by atoms with van der Waals surface area (Å²) in [4.78, 5) is 30.2. The summed E-state index contributed by atoms with van der Waals surface area (Å²) in [6, 6.07) is 10.2. The van der Waals surface area contributed by atoms with Gasteiger partial charge >= 0.3 is 12.1 Å². The SMILES string of the molecule is O=C(O)C(F)(F)F.O=C(c1ccncc1)N1CCC2(CCN(Cc3cccc4c3OCC4)CC2)CC1. The predicted octanol–water partition coefficient (Wildman–Crippen LogP) is 4.17. The van der Waals surface area contributed by atoms with Gasteiger partial charge in [-0.25, -0.2) is 4.79 Å². The Labute approximate surface area is 207 Å². The van der Waals surface area contributed by atoms with Gasteiger partial charge in [0.2, 0.25) is 0 Å². The molecule has 5 rings (SSSR count). The number of carbonyl (C=O) groups is 2. The van der Waals surface area contributed by atoms with E-state index in [1.807, 2.05) is 17.0 Å². The lowest BCUT2D eigenvalue weighted by molar-refractivity contribution is -0.192. The van der Waals surface area contributed by atoms with Gasteiger partial charge in [-0.15, -0.1) is 0 Å². The number of carbonyl (C=O) groups excluding carboxylic acids is 1. The lowest BCUT2D eigenvalue weighted by atomic mass is 9.71. The first-order chi connectivity index (χ1) is 17.2. The largest absolute Gasteiger partial charge is 0.493 e. The number of nitrogens with zero attached hydrogens (tertiary/aromatic N) is 3. The van der Waals surface area contributed by atoms with E-state index in [0.717, 1.165) is 69.9 Å². The number of aromatic nitrogens is 1. The highest BCUT2D eigenvalue weighted by Crippen LogP contribution is 2.42. The summed E-state index contributed by atoms with van der Waals surface area (Å²) in [5.41, 5.74) is 3.88. The maximum atomic E-state index is 12.7. The van der Waals surface area contributed by atoms with Gasteiger partial charge in [0.25, 0.3) is 5.91 Å². The Morgan fingerprint density at radius 1 is 1.00 bits per heavy atom. The van der Waals surface area contributed by atoms with E-state index in [-0.39, 0.29) is 5.91 Å². The number of hydrogen-bond acceptors (Lipinski definition) is 5. The van der Waals surface area contributed by atoms with Gasteiger partial charge in [0.05, 0.1) is 6.61 Å². The Morgan fingerprint density at radius 3 is 2.22 bits per heavy atom. The fraction of sp³-hybridized carbons (Fsp3) is 0.500. The number of ether oxygens (including phenoxy) is 1. The van der Waals surface area contributed by atoms with E-state index in [0.29, 0.717) is 5.41 Å². The second-order valence-electron chi connectivity index (χ2n) is 9.61. The molecule has 1 amide bonds. The number of fused-ring (bicyclic) bond motifs is 1. The summed E-state index contributed by atoms with van der Waals surface area (Å²) >= 11 is 0. The smallest absolute Gasteiger partial charge is 0.490 e.